The van der Waals surface area contributed by atoms with E-state index < -0.39 is 5.97 Å². The first-order chi connectivity index (χ1) is 14.0. The minimum absolute atomic E-state index is 0.139. The number of nitrogens with zero attached hydrogens (tertiary/aromatic N) is 3. The Bertz CT molecular complexity index is 1320. The van der Waals surface area contributed by atoms with Gasteiger partial charge in [0.15, 0.2) is 5.58 Å². The van der Waals surface area contributed by atoms with Gasteiger partial charge in [-0.1, -0.05) is 17.7 Å². The van der Waals surface area contributed by atoms with Crippen LogP contribution in [0.2, 0.25) is 5.02 Å². The van der Waals surface area contributed by atoms with Crippen LogP contribution in [0.25, 0.3) is 16.5 Å². The fourth-order valence-electron chi connectivity index (χ4n) is 3.88. The molecule has 29 heavy (non-hydrogen) atoms. The monoisotopic (exact) mass is 409 g/mol. The molecule has 7 nitrogen and oxygen atoms in total. The fraction of sp³-hybridized carbons (Fsp3) is 0.190. The van der Waals surface area contributed by atoms with Crippen LogP contribution >= 0.6 is 11.6 Å². The maximum absolute atomic E-state index is 13.0. The number of aromatic nitrogens is 2. The number of ether oxygens (including phenoxy) is 1. The molecule has 1 aliphatic rings. The van der Waals surface area contributed by atoms with Gasteiger partial charge >= 0.3 is 5.97 Å². The van der Waals surface area contributed by atoms with Crippen LogP contribution in [0.3, 0.4) is 0 Å². The van der Waals surface area contributed by atoms with Gasteiger partial charge in [0, 0.05) is 18.1 Å². The highest BCUT2D eigenvalue weighted by molar-refractivity contribution is 6.36. The third-order valence-electron chi connectivity index (χ3n) is 5.18. The molecule has 0 radical (unpaired) electrons. The first kappa shape index (κ1) is 17.8. The Kier molecular flexibility index (Phi) is 3.89. The lowest BCUT2D eigenvalue weighted by molar-refractivity contribution is 0.0600. The van der Waals surface area contributed by atoms with Crippen molar-refractivity contribution in [3.63, 3.8) is 0 Å². The van der Waals surface area contributed by atoms with Crippen molar-refractivity contribution in [1.82, 2.24) is 14.5 Å². The van der Waals surface area contributed by atoms with Crippen LogP contribution in [0.1, 0.15) is 37.6 Å². The van der Waals surface area contributed by atoms with Crippen LogP contribution in [0.5, 0.6) is 0 Å². The van der Waals surface area contributed by atoms with Crippen LogP contribution in [0, 0.1) is 6.92 Å². The number of hydrogen-bond donors (Lipinski definition) is 0. The summed E-state index contributed by atoms with van der Waals surface area (Å²) < 4.78 is 12.5. The van der Waals surface area contributed by atoms with Gasteiger partial charge in [-0.3, -0.25) is 4.79 Å². The number of aryl methyl sites for hydroxylation is 1. The van der Waals surface area contributed by atoms with E-state index >= 15 is 0 Å². The predicted molar refractivity (Wildman–Crippen MR) is 106 cm³/mol. The van der Waals surface area contributed by atoms with Crippen LogP contribution in [-0.4, -0.2) is 33.5 Å². The molecule has 0 fully saturated rings. The quantitative estimate of drug-likeness (QED) is 0.478. The van der Waals surface area contributed by atoms with Crippen molar-refractivity contribution in [2.45, 2.75) is 20.0 Å². The number of benzene rings is 1. The third kappa shape index (κ3) is 2.61. The molecule has 0 atom stereocenters. The Morgan fingerprint density at radius 3 is 3.00 bits per heavy atom. The van der Waals surface area contributed by atoms with E-state index in [1.54, 1.807) is 21.7 Å². The maximum Gasteiger partial charge on any atom is 0.341 e. The van der Waals surface area contributed by atoms with E-state index in [-0.39, 0.29) is 12.5 Å². The van der Waals surface area contributed by atoms with Gasteiger partial charge in [0.1, 0.15) is 11.3 Å². The summed E-state index contributed by atoms with van der Waals surface area (Å²) >= 11 is 6.58. The molecule has 0 N–H and O–H groups in total. The second kappa shape index (κ2) is 6.35. The van der Waals surface area contributed by atoms with Crippen molar-refractivity contribution in [3.05, 3.63) is 69.7 Å². The number of pyridine rings is 1. The number of esters is 1. The van der Waals surface area contributed by atoms with E-state index in [2.05, 4.69) is 5.10 Å². The molecule has 0 spiro atoms. The third-order valence-corrected chi connectivity index (χ3v) is 5.60. The molecular weight excluding hydrogens is 394 g/mol. The summed E-state index contributed by atoms with van der Waals surface area (Å²) in [6.45, 7) is 2.46. The number of fused-ring (bicyclic) bond motifs is 1. The number of carbonyl (C=O) groups excluding carboxylic acids is 2. The molecule has 0 saturated heterocycles. The van der Waals surface area contributed by atoms with Gasteiger partial charge in [0.05, 0.1) is 36.0 Å². The molecule has 4 heterocycles. The lowest BCUT2D eigenvalue weighted by Crippen LogP contribution is -2.33. The van der Waals surface area contributed by atoms with Gasteiger partial charge in [-0.2, -0.15) is 5.10 Å². The summed E-state index contributed by atoms with van der Waals surface area (Å²) in [6.07, 6.45) is 3.39. The van der Waals surface area contributed by atoms with Crippen molar-refractivity contribution in [1.29, 1.82) is 0 Å². The fourth-order valence-corrected chi connectivity index (χ4v) is 4.11. The second-order valence-electron chi connectivity index (χ2n) is 7.07. The topological polar surface area (TPSA) is 77.1 Å². The van der Waals surface area contributed by atoms with Crippen LogP contribution in [0.4, 0.5) is 0 Å². The number of furan rings is 1. The average molecular weight is 410 g/mol. The predicted octanol–water partition coefficient (Wildman–Crippen LogP) is 3.98. The average Bonchev–Trinajstić information content (AvgIpc) is 3.28. The molecule has 1 aromatic carbocycles. The standard InChI is InChI=1S/C21H16ClN3O4/c1-11-6-13-17(22)16(29-19(13)14(7-11)21(27)28-2)10-24-9-12-4-3-5-25-18(12)15(8-23-25)20(24)26/h3-8H,9-10H2,1-2H3. The minimum Gasteiger partial charge on any atom is -0.465 e. The van der Waals surface area contributed by atoms with Crippen LogP contribution in [0.15, 0.2) is 41.1 Å². The zero-order valence-electron chi connectivity index (χ0n) is 15.7. The molecule has 1 aliphatic heterocycles. The summed E-state index contributed by atoms with van der Waals surface area (Å²) in [7, 11) is 1.32. The van der Waals surface area contributed by atoms with E-state index in [1.165, 1.54) is 7.11 Å². The Labute approximate surface area is 170 Å². The van der Waals surface area contributed by atoms with Crippen LogP contribution in [-0.2, 0) is 17.8 Å². The van der Waals surface area contributed by atoms with Crippen molar-refractivity contribution in [2.24, 2.45) is 0 Å². The first-order valence-corrected chi connectivity index (χ1v) is 9.40. The van der Waals surface area contributed by atoms with Gasteiger partial charge in [-0.15, -0.1) is 0 Å². The van der Waals surface area contributed by atoms with E-state index in [1.807, 2.05) is 31.3 Å². The highest BCUT2D eigenvalue weighted by Crippen LogP contribution is 2.36. The first-order valence-electron chi connectivity index (χ1n) is 9.02. The van der Waals surface area contributed by atoms with Crippen LogP contribution < -0.4 is 0 Å². The van der Waals surface area contributed by atoms with Gasteiger partial charge < -0.3 is 14.1 Å². The molecule has 0 aliphatic carbocycles. The van der Waals surface area contributed by atoms with Crippen molar-refractivity contribution >= 4 is 40.0 Å². The summed E-state index contributed by atoms with van der Waals surface area (Å²) in [5, 5.41) is 5.27. The Morgan fingerprint density at radius 1 is 1.38 bits per heavy atom. The number of hydrogen-bond acceptors (Lipinski definition) is 5. The van der Waals surface area contributed by atoms with Gasteiger partial charge in [0.25, 0.3) is 5.91 Å². The van der Waals surface area contributed by atoms with E-state index in [0.29, 0.717) is 39.4 Å². The number of halogens is 1. The number of methoxy groups -OCH3 is 1. The summed E-state index contributed by atoms with van der Waals surface area (Å²) in [4.78, 5) is 26.8. The molecule has 0 unspecified atom stereocenters. The minimum atomic E-state index is -0.499. The summed E-state index contributed by atoms with van der Waals surface area (Å²) in [5.74, 6) is -0.214. The molecule has 5 rings (SSSR count). The van der Waals surface area contributed by atoms with E-state index in [9.17, 15) is 9.59 Å². The Balaban J connectivity index is 1.57. The van der Waals surface area contributed by atoms with E-state index in [0.717, 1.165) is 16.6 Å². The molecule has 0 saturated carbocycles. The zero-order chi connectivity index (χ0) is 20.3. The Morgan fingerprint density at radius 2 is 2.21 bits per heavy atom. The number of carbonyl (C=O) groups is 2. The molecule has 146 valence electrons. The van der Waals surface area contributed by atoms with Gasteiger partial charge in [0.2, 0.25) is 0 Å². The number of amides is 1. The lowest BCUT2D eigenvalue weighted by Gasteiger charge is -2.26. The van der Waals surface area contributed by atoms with Crippen molar-refractivity contribution in [2.75, 3.05) is 7.11 Å². The highest BCUT2D eigenvalue weighted by atomic mass is 35.5. The van der Waals surface area contributed by atoms with Gasteiger partial charge in [-0.05, 0) is 36.2 Å². The smallest absolute Gasteiger partial charge is 0.341 e. The second-order valence-corrected chi connectivity index (χ2v) is 7.44. The molecular formula is C21H16ClN3O4. The lowest BCUT2D eigenvalue weighted by atomic mass is 10.1. The van der Waals surface area contributed by atoms with Gasteiger partial charge in [-0.25, -0.2) is 9.31 Å². The van der Waals surface area contributed by atoms with E-state index in [4.69, 9.17) is 20.8 Å². The summed E-state index contributed by atoms with van der Waals surface area (Å²) in [6, 6.07) is 7.42. The number of rotatable bonds is 3. The highest BCUT2D eigenvalue weighted by Gasteiger charge is 2.30. The molecule has 8 heteroatoms. The zero-order valence-corrected chi connectivity index (χ0v) is 16.5. The normalized spacial score (nSPS) is 13.5. The molecule has 0 bridgehead atoms. The SMILES string of the molecule is COC(=O)c1cc(C)cc2c(Cl)c(CN3Cc4cccn5ncc(c45)C3=O)oc12. The maximum atomic E-state index is 13.0. The van der Waals surface area contributed by atoms with Crippen molar-refractivity contribution in [3.8, 4) is 0 Å². The largest absolute Gasteiger partial charge is 0.465 e. The molecule has 3 aromatic heterocycles. The molecule has 4 aromatic rings. The van der Waals surface area contributed by atoms with Crippen molar-refractivity contribution < 1.29 is 18.7 Å². The Hall–Kier alpha value is -3.32. The molecule has 1 amide bonds. The summed E-state index contributed by atoms with van der Waals surface area (Å²) in [5.41, 5.74) is 3.90.